The van der Waals surface area contributed by atoms with E-state index >= 15 is 0 Å². The lowest BCUT2D eigenvalue weighted by atomic mass is 10.1. The molecule has 0 spiro atoms. The molecule has 2 amide bonds. The van der Waals surface area contributed by atoms with Crippen LogP contribution in [0.15, 0.2) is 130 Å². The molecular weight excluding hydrogens is 1340 g/mol. The number of aryl methyl sites for hydroxylation is 1. The number of rotatable bonds is 23. The average molecular weight is 1380 g/mol. The Morgan fingerprint density at radius 3 is 1.79 bits per heavy atom. The molecule has 7 rings (SSSR count). The summed E-state index contributed by atoms with van der Waals surface area (Å²) in [6, 6.07) is 12.6. The minimum atomic E-state index is -5.62. The van der Waals surface area contributed by atoms with Crippen molar-refractivity contribution in [3.8, 4) is 23.1 Å². The second-order valence-electron chi connectivity index (χ2n) is 16.9. The minimum absolute atomic E-state index is 0.0336. The van der Waals surface area contributed by atoms with E-state index in [4.69, 9.17) is 21.0 Å². The van der Waals surface area contributed by atoms with Crippen LogP contribution in [0.25, 0.3) is 27.2 Å². The number of halogens is 1. The van der Waals surface area contributed by atoms with E-state index in [0.717, 1.165) is 53.2 Å². The maximum Gasteiger partial charge on any atom is 0.398 e. The Kier molecular flexibility index (Phi) is 19.0. The molecule has 460 valence electrons. The maximum atomic E-state index is 13.5. The highest BCUT2D eigenvalue weighted by atomic mass is 35.5. The number of nitrogens with zero attached hydrogens (tertiary/aromatic N) is 6. The number of nitrogens with one attached hydrogen (secondary N) is 2. The van der Waals surface area contributed by atoms with Crippen LogP contribution in [0.4, 0.5) is 34.1 Å². The van der Waals surface area contributed by atoms with Gasteiger partial charge in [-0.25, -0.2) is 12.6 Å². The van der Waals surface area contributed by atoms with E-state index in [0.29, 0.717) is 12.1 Å². The van der Waals surface area contributed by atoms with Crippen LogP contribution in [0.5, 0.6) is 17.4 Å². The monoisotopic (exact) mass is 1370 g/mol. The molecule has 0 aliphatic rings. The van der Waals surface area contributed by atoms with Gasteiger partial charge in [-0.1, -0.05) is 6.07 Å². The van der Waals surface area contributed by atoms with Crippen LogP contribution in [0.3, 0.4) is 0 Å². The van der Waals surface area contributed by atoms with E-state index in [2.05, 4.69) is 39.4 Å². The van der Waals surface area contributed by atoms with Gasteiger partial charge >= 0.3 is 10.4 Å². The third-order valence-corrected chi connectivity index (χ3v) is 18.6. The van der Waals surface area contributed by atoms with E-state index in [1.54, 1.807) is 0 Å². The van der Waals surface area contributed by atoms with E-state index in [9.17, 15) is 101 Å². The molecule has 7 aromatic rings. The normalized spacial score (nSPS) is 13.0. The van der Waals surface area contributed by atoms with Crippen LogP contribution < -0.4 is 15.5 Å². The van der Waals surface area contributed by atoms with Crippen LogP contribution in [-0.2, 0) is 84.1 Å². The number of alkyl halides is 1. The topological polar surface area (TPSA) is 554 Å². The lowest BCUT2D eigenvalue weighted by Gasteiger charge is -2.15. The SMILES string of the molecule is Cc1nn(-c2ccc(C(=O)Nc3ccc(S(=O)(=O)O)c(N=Nc4c(S(=O)(=O)O)cc5c(S(=O)(=O)O)c(NC(=O)CS(=O)(=O)CCCl)ccc5c4O)c3)cc2)c(O)c1N=Nc1ccc2c(S(=O)(=O)O)c(OOSCOS(=O)(=O)O)ccc2c1S(=O)(=O)O. The Balaban J connectivity index is 1.16. The zero-order valence-electron chi connectivity index (χ0n) is 42.1. The van der Waals surface area contributed by atoms with Crippen molar-refractivity contribution < 1.29 is 119 Å². The van der Waals surface area contributed by atoms with Crippen LogP contribution in [0.2, 0.25) is 0 Å². The Hall–Kier alpha value is -7.44. The number of phenolic OH excluding ortho intramolecular Hbond substituents is 1. The molecule has 1 aromatic heterocycles. The van der Waals surface area contributed by atoms with Gasteiger partial charge < -0.3 is 25.7 Å². The first-order valence-electron chi connectivity index (χ1n) is 22.3. The number of benzene rings is 6. The molecule has 6 aromatic carbocycles. The van der Waals surface area contributed by atoms with Crippen molar-refractivity contribution >= 4 is 162 Å². The Bertz CT molecular complexity index is 4880. The molecule has 0 unspecified atom stereocenters. The first kappa shape index (κ1) is 66.1. The summed E-state index contributed by atoms with van der Waals surface area (Å²) in [6.07, 6.45) is 0. The van der Waals surface area contributed by atoms with Crippen molar-refractivity contribution in [1.82, 2.24) is 9.78 Å². The lowest BCUT2D eigenvalue weighted by molar-refractivity contribution is -0.113. The summed E-state index contributed by atoms with van der Waals surface area (Å²) < 4.78 is 241. The van der Waals surface area contributed by atoms with Gasteiger partial charge in [0.1, 0.15) is 53.2 Å². The van der Waals surface area contributed by atoms with Gasteiger partial charge in [-0.05, 0) is 85.8 Å². The fourth-order valence-corrected chi connectivity index (χ4v) is 13.8. The zero-order chi connectivity index (χ0) is 63.9. The largest absolute Gasteiger partial charge is 0.505 e. The number of carbonyl (C=O) groups is 2. The highest BCUT2D eigenvalue weighted by Crippen LogP contribution is 2.46. The van der Waals surface area contributed by atoms with Crippen LogP contribution in [0.1, 0.15) is 16.1 Å². The number of carbonyl (C=O) groups excluding carboxylic acids is 2. The first-order valence-corrected chi connectivity index (χ1v) is 34.2. The number of aromatic nitrogens is 2. The Morgan fingerprint density at radius 2 is 1.20 bits per heavy atom. The molecule has 86 heavy (non-hydrogen) atoms. The zero-order valence-corrected chi connectivity index (χ0v) is 49.4. The molecule has 0 bridgehead atoms. The summed E-state index contributed by atoms with van der Waals surface area (Å²) in [5.74, 6) is -8.35. The fourth-order valence-electron chi connectivity index (χ4n) is 7.66. The quantitative estimate of drug-likeness (QED) is 0.00549. The summed E-state index contributed by atoms with van der Waals surface area (Å²) in [5.41, 5.74) is -4.48. The van der Waals surface area contributed by atoms with E-state index < -0.39 is 198 Å². The molecule has 44 heteroatoms. The van der Waals surface area contributed by atoms with E-state index in [1.165, 1.54) is 31.2 Å². The Labute approximate surface area is 493 Å². The number of aromatic hydroxyl groups is 2. The van der Waals surface area contributed by atoms with Gasteiger partial charge in [-0.3, -0.25) is 36.9 Å². The van der Waals surface area contributed by atoms with Crippen molar-refractivity contribution in [2.75, 3.05) is 34.0 Å². The maximum absolute atomic E-state index is 13.5. The Morgan fingerprint density at radius 1 is 0.616 bits per heavy atom. The van der Waals surface area contributed by atoms with Crippen molar-refractivity contribution in [1.29, 1.82) is 0 Å². The molecule has 0 saturated carbocycles. The van der Waals surface area contributed by atoms with Gasteiger partial charge in [-0.2, -0.15) is 60.3 Å². The predicted molar refractivity (Wildman–Crippen MR) is 296 cm³/mol. The van der Waals surface area contributed by atoms with E-state index in [1.807, 2.05) is 5.32 Å². The molecule has 10 N–H and O–H groups in total. The molecule has 0 saturated heterocycles. The molecular formula is C42H35ClN8O27S8. The number of phenols is 1. The van der Waals surface area contributed by atoms with Gasteiger partial charge in [-0.15, -0.1) is 36.4 Å². The number of azo groups is 2. The molecule has 0 aliphatic carbocycles. The molecule has 0 aliphatic heterocycles. The fraction of sp³-hybridized carbons (Fsp3) is 0.119. The molecule has 1 heterocycles. The summed E-state index contributed by atoms with van der Waals surface area (Å²) in [7, 11) is -36.1. The number of hydrogen-bond donors (Lipinski definition) is 10. The van der Waals surface area contributed by atoms with Crippen molar-refractivity contribution in [3.63, 3.8) is 0 Å². The molecule has 0 atom stereocenters. The van der Waals surface area contributed by atoms with Gasteiger partial charge in [0, 0.05) is 38.7 Å². The van der Waals surface area contributed by atoms with E-state index in [-0.39, 0.29) is 34.7 Å². The van der Waals surface area contributed by atoms with Crippen molar-refractivity contribution in [3.05, 3.63) is 96.2 Å². The van der Waals surface area contributed by atoms with Gasteiger partial charge in [0.2, 0.25) is 11.8 Å². The molecule has 35 nitrogen and oxygen atoms in total. The average Bonchev–Trinajstić information content (AvgIpc) is 1.07. The summed E-state index contributed by atoms with van der Waals surface area (Å²) >= 11 is 5.52. The number of sulfone groups is 1. The third-order valence-electron chi connectivity index (χ3n) is 11.1. The second-order valence-corrected chi connectivity index (χ2v) is 28.0. The molecule has 0 radical (unpaired) electrons. The van der Waals surface area contributed by atoms with Gasteiger partial charge in [0.25, 0.3) is 56.5 Å². The smallest absolute Gasteiger partial charge is 0.398 e. The van der Waals surface area contributed by atoms with Crippen LogP contribution in [-0.4, -0.2) is 141 Å². The lowest BCUT2D eigenvalue weighted by Crippen LogP contribution is -2.26. The van der Waals surface area contributed by atoms with Crippen LogP contribution >= 0.6 is 23.6 Å². The predicted octanol–water partition coefficient (Wildman–Crippen LogP) is 5.54. The highest BCUT2D eigenvalue weighted by molar-refractivity contribution is 7.95. The number of anilines is 2. The standard InChI is InChI=1S/C42H35ClN8O27S8/c1-20-35(48-46-29-11-8-26-25(38(29)83(64,65)66)9-12-31(40(26)85(70,71)72)77-78-79-19-76-86(73,74)75)42(55)51(50-20)23-5-2-21(3-6-23)41(54)44-22-4-13-32(81(58,59)60)30(16-22)47-49-36-33(82(61,62)63)17-27-24(37(36)53)7-10-28(39(27)84(67,68)69)45-34(52)18-80(56,57)15-14-43/h2-13,16-17,53,55H,14-15,18-19H2,1H3,(H,44,54)(H,45,52)(H,58,59,60)(H,61,62,63)(H,64,65,66)(H,67,68,69)(H,70,71,72)(H,73,74,75). The summed E-state index contributed by atoms with van der Waals surface area (Å²) in [4.78, 5) is 24.9. The third kappa shape index (κ3) is 15.4. The summed E-state index contributed by atoms with van der Waals surface area (Å²) in [5, 5.41) is 43.1. The van der Waals surface area contributed by atoms with Gasteiger partial charge in [0.15, 0.2) is 27.0 Å². The van der Waals surface area contributed by atoms with Crippen molar-refractivity contribution in [2.45, 2.75) is 31.4 Å². The second kappa shape index (κ2) is 24.7. The van der Waals surface area contributed by atoms with Crippen LogP contribution in [0, 0.1) is 6.92 Å². The van der Waals surface area contributed by atoms with Gasteiger partial charge in [0.05, 0.1) is 34.9 Å². The van der Waals surface area contributed by atoms with Crippen molar-refractivity contribution in [2.24, 2.45) is 20.5 Å². The minimum Gasteiger partial charge on any atom is -0.505 e. The summed E-state index contributed by atoms with van der Waals surface area (Å²) in [6.45, 7) is 1.32. The molecule has 0 fully saturated rings. The number of amides is 2. The number of hydrogen-bond acceptors (Lipinski definition) is 27. The number of fused-ring (bicyclic) bond motifs is 2. The highest BCUT2D eigenvalue weighted by Gasteiger charge is 2.31. The first-order chi connectivity index (χ1) is 39.7.